The summed E-state index contributed by atoms with van der Waals surface area (Å²) in [5.74, 6) is 0.116. The van der Waals surface area contributed by atoms with E-state index in [4.69, 9.17) is 23.1 Å². The quantitative estimate of drug-likeness (QED) is 0.623. The summed E-state index contributed by atoms with van der Waals surface area (Å²) in [6.45, 7) is 4.63. The number of rotatable bonds is 7. The van der Waals surface area contributed by atoms with Gasteiger partial charge in [0.15, 0.2) is 0 Å². The zero-order valence-corrected chi connectivity index (χ0v) is 18.0. The molecule has 30 heavy (non-hydrogen) atoms. The van der Waals surface area contributed by atoms with Crippen LogP contribution in [0.5, 0.6) is 0 Å². The lowest BCUT2D eigenvalue weighted by Gasteiger charge is -2.28. The third kappa shape index (κ3) is 5.29. The molecule has 2 aromatic rings. The van der Waals surface area contributed by atoms with Crippen LogP contribution in [-0.4, -0.2) is 40.3 Å². The number of carbonyl (C=O) groups excluding carboxylic acids is 2. The van der Waals surface area contributed by atoms with Gasteiger partial charge in [-0.15, -0.1) is 0 Å². The third-order valence-electron chi connectivity index (χ3n) is 5.71. The van der Waals surface area contributed by atoms with Crippen molar-refractivity contribution in [3.8, 4) is 0 Å². The lowest BCUT2D eigenvalue weighted by atomic mass is 9.96. The number of anilines is 1. The van der Waals surface area contributed by atoms with Gasteiger partial charge in [-0.05, 0) is 61.9 Å². The van der Waals surface area contributed by atoms with Gasteiger partial charge >= 0.3 is 0 Å². The van der Waals surface area contributed by atoms with Gasteiger partial charge in [0, 0.05) is 23.8 Å². The van der Waals surface area contributed by atoms with Crippen LogP contribution in [0.25, 0.3) is 0 Å². The van der Waals surface area contributed by atoms with Gasteiger partial charge in [0.1, 0.15) is 5.82 Å². The summed E-state index contributed by atoms with van der Waals surface area (Å²) >= 11 is 6.09. The molecule has 3 atom stereocenters. The minimum atomic E-state index is -0.478. The Kier molecular flexibility index (Phi) is 6.95. The molecule has 3 rings (SSSR count). The Morgan fingerprint density at radius 2 is 2.10 bits per heavy atom. The topological polar surface area (TPSA) is 114 Å². The van der Waals surface area contributed by atoms with Crippen LogP contribution in [0, 0.1) is 12.8 Å². The van der Waals surface area contributed by atoms with Crippen LogP contribution in [0.15, 0.2) is 36.4 Å². The molecule has 2 heterocycles. The molecule has 1 aromatic heterocycles. The first-order chi connectivity index (χ1) is 14.2. The number of nitrogen functional groups attached to an aromatic ring is 1. The molecular formula is C22H28ClN5O2. The summed E-state index contributed by atoms with van der Waals surface area (Å²) in [6.07, 6.45) is 1.41. The summed E-state index contributed by atoms with van der Waals surface area (Å²) < 4.78 is 0. The number of aromatic nitrogens is 1. The SMILES string of the molecule is Cc1nc(N)ccc1CNC(=O)[C@H](C)N1CC(Cc2cccc(Cl)c2)CC1C(N)=O. The van der Waals surface area contributed by atoms with Crippen molar-refractivity contribution in [2.75, 3.05) is 12.3 Å². The molecule has 0 bridgehead atoms. The van der Waals surface area contributed by atoms with E-state index in [9.17, 15) is 9.59 Å². The highest BCUT2D eigenvalue weighted by molar-refractivity contribution is 6.30. The van der Waals surface area contributed by atoms with Gasteiger partial charge in [-0.1, -0.05) is 29.8 Å². The average Bonchev–Trinajstić information content (AvgIpc) is 3.10. The number of nitrogens with zero attached hydrogens (tertiary/aromatic N) is 2. The Morgan fingerprint density at radius 3 is 2.77 bits per heavy atom. The van der Waals surface area contributed by atoms with Gasteiger partial charge in [-0.2, -0.15) is 0 Å². The molecule has 0 aliphatic carbocycles. The standard InChI is InChI=1S/C22H28ClN5O2/c1-13-17(6-7-20(24)27-13)11-26-22(30)14(2)28-12-16(10-19(28)21(25)29)8-15-4-3-5-18(23)9-15/h3-7,9,14,16,19H,8,10-12H2,1-2H3,(H2,24,27)(H2,25,29)(H,26,30)/t14-,16?,19?/m0/s1. The number of primary amides is 1. The zero-order valence-electron chi connectivity index (χ0n) is 17.3. The fourth-order valence-electron chi connectivity index (χ4n) is 4.08. The van der Waals surface area contributed by atoms with E-state index in [1.54, 1.807) is 13.0 Å². The van der Waals surface area contributed by atoms with Gasteiger partial charge < -0.3 is 16.8 Å². The molecule has 0 spiro atoms. The van der Waals surface area contributed by atoms with E-state index in [1.165, 1.54) is 0 Å². The molecular weight excluding hydrogens is 402 g/mol. The Labute approximate surface area is 181 Å². The number of hydrogen-bond acceptors (Lipinski definition) is 5. The minimum absolute atomic E-state index is 0.152. The highest BCUT2D eigenvalue weighted by Crippen LogP contribution is 2.29. The normalized spacial score (nSPS) is 20.1. The molecule has 7 nitrogen and oxygen atoms in total. The number of likely N-dealkylation sites (tertiary alicyclic amines) is 1. The molecule has 160 valence electrons. The molecule has 1 aromatic carbocycles. The highest BCUT2D eigenvalue weighted by atomic mass is 35.5. The van der Waals surface area contributed by atoms with E-state index in [0.717, 1.165) is 23.2 Å². The van der Waals surface area contributed by atoms with Crippen LogP contribution in [0.3, 0.4) is 0 Å². The monoisotopic (exact) mass is 429 g/mol. The average molecular weight is 430 g/mol. The van der Waals surface area contributed by atoms with Gasteiger partial charge in [0.25, 0.3) is 0 Å². The van der Waals surface area contributed by atoms with E-state index in [-0.39, 0.29) is 11.8 Å². The maximum absolute atomic E-state index is 12.8. The zero-order chi connectivity index (χ0) is 21.8. The Balaban J connectivity index is 1.64. The smallest absolute Gasteiger partial charge is 0.237 e. The first-order valence-electron chi connectivity index (χ1n) is 10.0. The van der Waals surface area contributed by atoms with Crippen molar-refractivity contribution in [2.45, 2.75) is 45.3 Å². The molecule has 1 fully saturated rings. The maximum atomic E-state index is 12.8. The third-order valence-corrected chi connectivity index (χ3v) is 5.95. The second kappa shape index (κ2) is 9.45. The molecule has 2 unspecified atom stereocenters. The van der Waals surface area contributed by atoms with Crippen LogP contribution in [0.2, 0.25) is 5.02 Å². The summed E-state index contributed by atoms with van der Waals surface area (Å²) in [6, 6.07) is 10.3. The van der Waals surface area contributed by atoms with Crippen molar-refractivity contribution in [2.24, 2.45) is 11.7 Å². The summed E-state index contributed by atoms with van der Waals surface area (Å²) in [4.78, 5) is 31.0. The van der Waals surface area contributed by atoms with Crippen LogP contribution in [0.1, 0.15) is 30.2 Å². The van der Waals surface area contributed by atoms with Crippen molar-refractivity contribution >= 4 is 29.2 Å². The molecule has 0 radical (unpaired) electrons. The Bertz CT molecular complexity index is 935. The number of aryl methyl sites for hydroxylation is 1. The van der Waals surface area contributed by atoms with E-state index in [1.807, 2.05) is 42.2 Å². The minimum Gasteiger partial charge on any atom is -0.384 e. The molecule has 5 N–H and O–H groups in total. The lowest BCUT2D eigenvalue weighted by Crippen LogP contribution is -2.51. The van der Waals surface area contributed by atoms with Crippen LogP contribution >= 0.6 is 11.6 Å². The van der Waals surface area contributed by atoms with Crippen LogP contribution in [-0.2, 0) is 22.6 Å². The molecule has 1 aliphatic heterocycles. The van der Waals surface area contributed by atoms with Crippen molar-refractivity contribution in [1.82, 2.24) is 15.2 Å². The van der Waals surface area contributed by atoms with Crippen molar-refractivity contribution in [3.05, 3.63) is 58.2 Å². The van der Waals surface area contributed by atoms with Gasteiger partial charge in [0.2, 0.25) is 11.8 Å². The summed E-state index contributed by atoms with van der Waals surface area (Å²) in [7, 11) is 0. The first-order valence-corrected chi connectivity index (χ1v) is 10.4. The number of amides is 2. The van der Waals surface area contributed by atoms with Crippen molar-refractivity contribution in [3.63, 3.8) is 0 Å². The number of hydrogen-bond donors (Lipinski definition) is 3. The van der Waals surface area contributed by atoms with E-state index < -0.39 is 18.0 Å². The largest absolute Gasteiger partial charge is 0.384 e. The van der Waals surface area contributed by atoms with E-state index in [2.05, 4.69) is 10.3 Å². The number of carbonyl (C=O) groups is 2. The Hall–Kier alpha value is -2.64. The number of nitrogens with one attached hydrogen (secondary N) is 1. The molecule has 1 saturated heterocycles. The van der Waals surface area contributed by atoms with Crippen molar-refractivity contribution in [1.29, 1.82) is 0 Å². The number of nitrogens with two attached hydrogens (primary N) is 2. The predicted octanol–water partition coefficient (Wildman–Crippen LogP) is 2.05. The van der Waals surface area contributed by atoms with E-state index in [0.29, 0.717) is 30.4 Å². The summed E-state index contributed by atoms with van der Waals surface area (Å²) in [5.41, 5.74) is 14.1. The molecule has 0 saturated carbocycles. The van der Waals surface area contributed by atoms with Crippen LogP contribution < -0.4 is 16.8 Å². The van der Waals surface area contributed by atoms with Gasteiger partial charge in [0.05, 0.1) is 12.1 Å². The summed E-state index contributed by atoms with van der Waals surface area (Å²) in [5, 5.41) is 3.63. The van der Waals surface area contributed by atoms with Gasteiger partial charge in [-0.25, -0.2) is 4.98 Å². The Morgan fingerprint density at radius 1 is 1.33 bits per heavy atom. The fraction of sp³-hybridized carbons (Fsp3) is 0.409. The number of pyridine rings is 1. The molecule has 1 aliphatic rings. The highest BCUT2D eigenvalue weighted by Gasteiger charge is 2.40. The maximum Gasteiger partial charge on any atom is 0.237 e. The van der Waals surface area contributed by atoms with Gasteiger partial charge in [-0.3, -0.25) is 14.5 Å². The predicted molar refractivity (Wildman–Crippen MR) is 118 cm³/mol. The molecule has 2 amide bonds. The van der Waals surface area contributed by atoms with Crippen LogP contribution in [0.4, 0.5) is 5.82 Å². The van der Waals surface area contributed by atoms with Crippen molar-refractivity contribution < 1.29 is 9.59 Å². The number of halogens is 1. The van der Waals surface area contributed by atoms with E-state index >= 15 is 0 Å². The second-order valence-electron chi connectivity index (χ2n) is 7.93. The second-order valence-corrected chi connectivity index (χ2v) is 8.36. The molecule has 8 heteroatoms. The lowest BCUT2D eigenvalue weighted by molar-refractivity contribution is -0.129. The number of benzene rings is 1. The first kappa shape index (κ1) is 22.1. The fourth-order valence-corrected chi connectivity index (χ4v) is 4.29.